The first-order valence-corrected chi connectivity index (χ1v) is 8.06. The summed E-state index contributed by atoms with van der Waals surface area (Å²) in [4.78, 5) is 5.47. The monoisotopic (exact) mass is 438 g/mol. The fraction of sp³-hybridized carbons (Fsp3) is 0.182. The van der Waals surface area contributed by atoms with Crippen molar-refractivity contribution in [2.24, 2.45) is 5.73 Å². The van der Waals surface area contributed by atoms with E-state index in [1.807, 2.05) is 12.1 Å². The molecule has 0 bridgehead atoms. The van der Waals surface area contributed by atoms with Crippen molar-refractivity contribution in [1.29, 1.82) is 0 Å². The number of rotatable bonds is 3. The van der Waals surface area contributed by atoms with Gasteiger partial charge in [-0.2, -0.15) is 0 Å². The molecular weight excluding hydrogens is 432 g/mol. The van der Waals surface area contributed by atoms with Gasteiger partial charge < -0.3 is 5.73 Å². The first-order valence-electron chi connectivity index (χ1n) is 4.87. The van der Waals surface area contributed by atoms with Crippen LogP contribution in [-0.4, -0.2) is 4.98 Å². The van der Waals surface area contributed by atoms with E-state index in [1.54, 1.807) is 17.5 Å². The molecule has 2 heterocycles. The Kier molecular flexibility index (Phi) is 4.77. The molecular formula is C11H9Br3N2S. The molecule has 2 aromatic heterocycles. The van der Waals surface area contributed by atoms with Crippen LogP contribution in [0.2, 0.25) is 0 Å². The predicted molar refractivity (Wildman–Crippen MR) is 82.3 cm³/mol. The molecule has 0 aliphatic heterocycles. The Balaban J connectivity index is 2.11. The standard InChI is InChI=1S/C11H9Br3N2S/c12-6-1-2-7(16-5-6)3-9(15)10-4-8(13)11(14)17-10/h1-2,4-5,9H,3,15H2. The van der Waals surface area contributed by atoms with Gasteiger partial charge in [0.1, 0.15) is 0 Å². The maximum atomic E-state index is 6.16. The molecule has 0 saturated heterocycles. The Morgan fingerprint density at radius 1 is 1.29 bits per heavy atom. The summed E-state index contributed by atoms with van der Waals surface area (Å²) in [5, 5.41) is 0. The quantitative estimate of drug-likeness (QED) is 0.753. The van der Waals surface area contributed by atoms with E-state index in [-0.39, 0.29) is 6.04 Å². The zero-order valence-corrected chi connectivity index (χ0v) is 14.2. The molecule has 0 fully saturated rings. The average molecular weight is 441 g/mol. The summed E-state index contributed by atoms with van der Waals surface area (Å²) in [6, 6.07) is 6.01. The van der Waals surface area contributed by atoms with Gasteiger partial charge in [-0.05, 0) is 66.0 Å². The third-order valence-electron chi connectivity index (χ3n) is 2.25. The lowest BCUT2D eigenvalue weighted by Crippen LogP contribution is -2.12. The third kappa shape index (κ3) is 3.61. The molecule has 1 atom stereocenters. The van der Waals surface area contributed by atoms with Crippen molar-refractivity contribution in [3.8, 4) is 0 Å². The number of thiophene rings is 1. The molecule has 0 aromatic carbocycles. The zero-order chi connectivity index (χ0) is 12.4. The number of aromatic nitrogens is 1. The van der Waals surface area contributed by atoms with E-state index in [1.165, 1.54) is 0 Å². The van der Waals surface area contributed by atoms with Gasteiger partial charge in [0.25, 0.3) is 0 Å². The first kappa shape index (κ1) is 13.7. The summed E-state index contributed by atoms with van der Waals surface area (Å²) in [5.41, 5.74) is 7.17. The molecule has 2 nitrogen and oxygen atoms in total. The number of pyridine rings is 1. The number of nitrogens with two attached hydrogens (primary N) is 1. The Morgan fingerprint density at radius 2 is 2.06 bits per heavy atom. The van der Waals surface area contributed by atoms with E-state index in [0.717, 1.165) is 29.7 Å². The normalized spacial score (nSPS) is 12.7. The smallest absolute Gasteiger partial charge is 0.0843 e. The van der Waals surface area contributed by atoms with Gasteiger partial charge in [0.2, 0.25) is 0 Å². The fourth-order valence-corrected chi connectivity index (χ4v) is 3.72. The van der Waals surface area contributed by atoms with Crippen LogP contribution in [0, 0.1) is 0 Å². The molecule has 1 unspecified atom stereocenters. The molecule has 2 N–H and O–H groups in total. The van der Waals surface area contributed by atoms with Crippen molar-refractivity contribution in [2.45, 2.75) is 12.5 Å². The molecule has 90 valence electrons. The molecule has 0 spiro atoms. The Bertz CT molecular complexity index is 490. The van der Waals surface area contributed by atoms with Gasteiger partial charge in [-0.15, -0.1) is 11.3 Å². The lowest BCUT2D eigenvalue weighted by atomic mass is 10.1. The first-order chi connectivity index (χ1) is 8.06. The third-order valence-corrected chi connectivity index (χ3v) is 6.10. The highest BCUT2D eigenvalue weighted by molar-refractivity contribution is 9.13. The van der Waals surface area contributed by atoms with Crippen LogP contribution in [0.15, 0.2) is 37.1 Å². The molecule has 0 aliphatic carbocycles. The van der Waals surface area contributed by atoms with Crippen LogP contribution in [0.5, 0.6) is 0 Å². The van der Waals surface area contributed by atoms with Gasteiger partial charge in [-0.3, -0.25) is 4.98 Å². The van der Waals surface area contributed by atoms with Crippen molar-refractivity contribution in [3.05, 3.63) is 47.7 Å². The second-order valence-electron chi connectivity index (χ2n) is 3.55. The van der Waals surface area contributed by atoms with Gasteiger partial charge in [0.05, 0.1) is 3.79 Å². The van der Waals surface area contributed by atoms with Crippen LogP contribution in [-0.2, 0) is 6.42 Å². The number of nitrogens with zero attached hydrogens (tertiary/aromatic N) is 1. The summed E-state index contributed by atoms with van der Waals surface area (Å²) in [6.45, 7) is 0. The minimum Gasteiger partial charge on any atom is -0.323 e. The highest BCUT2D eigenvalue weighted by atomic mass is 79.9. The van der Waals surface area contributed by atoms with Crippen LogP contribution >= 0.6 is 59.1 Å². The van der Waals surface area contributed by atoms with Gasteiger partial charge >= 0.3 is 0 Å². The van der Waals surface area contributed by atoms with Gasteiger partial charge in [0.15, 0.2) is 0 Å². The fourth-order valence-electron chi connectivity index (χ4n) is 1.40. The molecule has 0 radical (unpaired) electrons. The molecule has 0 amide bonds. The maximum absolute atomic E-state index is 6.16. The van der Waals surface area contributed by atoms with E-state index in [4.69, 9.17) is 5.73 Å². The molecule has 0 saturated carbocycles. The van der Waals surface area contributed by atoms with E-state index < -0.39 is 0 Å². The van der Waals surface area contributed by atoms with Crippen LogP contribution in [0.4, 0.5) is 0 Å². The molecule has 2 aromatic rings. The second-order valence-corrected chi connectivity index (χ2v) is 7.72. The average Bonchev–Trinajstić information content (AvgIpc) is 2.63. The van der Waals surface area contributed by atoms with Crippen molar-refractivity contribution in [2.75, 3.05) is 0 Å². The Labute approximate surface area is 129 Å². The van der Waals surface area contributed by atoms with Crippen LogP contribution in [0.25, 0.3) is 0 Å². The van der Waals surface area contributed by atoms with E-state index in [9.17, 15) is 0 Å². The predicted octanol–water partition coefficient (Wildman–Crippen LogP) is 4.67. The van der Waals surface area contributed by atoms with Gasteiger partial charge in [-0.1, -0.05) is 0 Å². The minimum atomic E-state index is -0.0173. The van der Waals surface area contributed by atoms with Crippen LogP contribution < -0.4 is 5.73 Å². The van der Waals surface area contributed by atoms with Gasteiger partial charge in [-0.25, -0.2) is 0 Å². The van der Waals surface area contributed by atoms with Crippen molar-refractivity contribution in [1.82, 2.24) is 4.98 Å². The highest BCUT2D eigenvalue weighted by Crippen LogP contribution is 2.35. The molecule has 6 heteroatoms. The molecule has 2 rings (SSSR count). The van der Waals surface area contributed by atoms with E-state index >= 15 is 0 Å². The number of hydrogen-bond donors (Lipinski definition) is 1. The molecule has 0 aliphatic rings. The maximum Gasteiger partial charge on any atom is 0.0843 e. The van der Waals surface area contributed by atoms with Crippen molar-refractivity contribution < 1.29 is 0 Å². The summed E-state index contributed by atoms with van der Waals surface area (Å²) in [6.07, 6.45) is 2.54. The molecule has 17 heavy (non-hydrogen) atoms. The highest BCUT2D eigenvalue weighted by Gasteiger charge is 2.13. The largest absolute Gasteiger partial charge is 0.323 e. The van der Waals surface area contributed by atoms with E-state index in [0.29, 0.717) is 0 Å². The lowest BCUT2D eigenvalue weighted by Gasteiger charge is -2.08. The minimum absolute atomic E-state index is 0.0173. The zero-order valence-electron chi connectivity index (χ0n) is 8.66. The summed E-state index contributed by atoms with van der Waals surface area (Å²) in [5.74, 6) is 0. The van der Waals surface area contributed by atoms with Crippen LogP contribution in [0.3, 0.4) is 0 Å². The second kappa shape index (κ2) is 5.93. The summed E-state index contributed by atoms with van der Waals surface area (Å²) in [7, 11) is 0. The number of hydrogen-bond acceptors (Lipinski definition) is 3. The topological polar surface area (TPSA) is 38.9 Å². The SMILES string of the molecule is NC(Cc1ccc(Br)cn1)c1cc(Br)c(Br)s1. The van der Waals surface area contributed by atoms with Crippen molar-refractivity contribution >= 4 is 59.1 Å². The summed E-state index contributed by atoms with van der Waals surface area (Å²) < 4.78 is 3.11. The lowest BCUT2D eigenvalue weighted by molar-refractivity contribution is 0.719. The summed E-state index contributed by atoms with van der Waals surface area (Å²) >= 11 is 12.0. The van der Waals surface area contributed by atoms with Crippen molar-refractivity contribution in [3.63, 3.8) is 0 Å². The van der Waals surface area contributed by atoms with E-state index in [2.05, 4.69) is 58.8 Å². The van der Waals surface area contributed by atoms with Crippen LogP contribution in [0.1, 0.15) is 16.6 Å². The van der Waals surface area contributed by atoms with Gasteiger partial charge in [0, 0.05) is 38.2 Å². The Hall–Kier alpha value is 0.250. The Morgan fingerprint density at radius 3 is 2.59 bits per heavy atom. The number of halogens is 3.